The van der Waals surface area contributed by atoms with E-state index >= 15 is 0 Å². The molecule has 0 bridgehead atoms. The molecule has 1 aromatic carbocycles. The highest BCUT2D eigenvalue weighted by Gasteiger charge is 2.27. The van der Waals surface area contributed by atoms with Crippen LogP contribution in [0.15, 0.2) is 23.1 Å². The maximum atomic E-state index is 11.4. The van der Waals surface area contributed by atoms with E-state index in [-0.39, 0.29) is 22.7 Å². The standard InChI is InChI=1S/C13H20N4O4S/c1-16(10-4-2-9(14)3-5-10)12-7-6-11(22(15,20)21)8-13(12)17(18)19/h6-10H,2-5,14H2,1H3,(H2,15,20,21). The van der Waals surface area contributed by atoms with E-state index in [2.05, 4.69) is 0 Å². The first-order valence-corrected chi connectivity index (χ1v) is 8.54. The highest BCUT2D eigenvalue weighted by Crippen LogP contribution is 2.33. The van der Waals surface area contributed by atoms with Gasteiger partial charge < -0.3 is 10.6 Å². The van der Waals surface area contributed by atoms with Crippen molar-refractivity contribution in [1.29, 1.82) is 0 Å². The number of sulfonamides is 1. The summed E-state index contributed by atoms with van der Waals surface area (Å²) >= 11 is 0. The van der Waals surface area contributed by atoms with Gasteiger partial charge >= 0.3 is 0 Å². The molecule has 0 unspecified atom stereocenters. The molecule has 0 amide bonds. The second kappa shape index (κ2) is 6.19. The smallest absolute Gasteiger partial charge is 0.293 e. The first-order valence-electron chi connectivity index (χ1n) is 7.00. The molecule has 0 spiro atoms. The molecule has 0 radical (unpaired) electrons. The Labute approximate surface area is 129 Å². The van der Waals surface area contributed by atoms with Crippen molar-refractivity contribution in [3.63, 3.8) is 0 Å². The van der Waals surface area contributed by atoms with Gasteiger partial charge in [-0.25, -0.2) is 13.6 Å². The summed E-state index contributed by atoms with van der Waals surface area (Å²) in [6.07, 6.45) is 3.45. The quantitative estimate of drug-likeness (QED) is 0.624. The third-order valence-electron chi connectivity index (χ3n) is 4.14. The molecule has 1 saturated carbocycles. The van der Waals surface area contributed by atoms with E-state index in [0.717, 1.165) is 31.7 Å². The lowest BCUT2D eigenvalue weighted by Gasteiger charge is -2.34. The summed E-state index contributed by atoms with van der Waals surface area (Å²) < 4.78 is 22.7. The summed E-state index contributed by atoms with van der Waals surface area (Å²) in [5, 5.41) is 16.3. The van der Waals surface area contributed by atoms with E-state index in [1.807, 2.05) is 4.90 Å². The van der Waals surface area contributed by atoms with Crippen molar-refractivity contribution in [2.24, 2.45) is 10.9 Å². The summed E-state index contributed by atoms with van der Waals surface area (Å²) in [5.74, 6) is 0. The molecule has 0 aliphatic heterocycles. The molecule has 1 aliphatic carbocycles. The Morgan fingerprint density at radius 3 is 2.36 bits per heavy atom. The van der Waals surface area contributed by atoms with Gasteiger partial charge in [-0.2, -0.15) is 0 Å². The Bertz CT molecular complexity index is 669. The number of nitro benzene ring substituents is 1. The summed E-state index contributed by atoms with van der Waals surface area (Å²) in [7, 11) is -2.19. The number of primary sulfonamides is 1. The molecule has 9 heteroatoms. The van der Waals surface area contributed by atoms with Crippen LogP contribution >= 0.6 is 0 Å². The predicted molar refractivity (Wildman–Crippen MR) is 83.1 cm³/mol. The average Bonchev–Trinajstić information content (AvgIpc) is 2.45. The fourth-order valence-electron chi connectivity index (χ4n) is 2.81. The molecule has 0 saturated heterocycles. The predicted octanol–water partition coefficient (Wildman–Crippen LogP) is 0.948. The van der Waals surface area contributed by atoms with Crippen LogP contribution in [-0.4, -0.2) is 32.5 Å². The molecule has 0 atom stereocenters. The third kappa shape index (κ3) is 3.54. The number of nitrogens with two attached hydrogens (primary N) is 2. The zero-order valence-corrected chi connectivity index (χ0v) is 13.1. The Morgan fingerprint density at radius 2 is 1.86 bits per heavy atom. The van der Waals surface area contributed by atoms with Gasteiger partial charge in [-0.1, -0.05) is 0 Å². The Morgan fingerprint density at radius 1 is 1.27 bits per heavy atom. The van der Waals surface area contributed by atoms with Crippen molar-refractivity contribution in [2.75, 3.05) is 11.9 Å². The van der Waals surface area contributed by atoms with E-state index < -0.39 is 14.9 Å². The number of benzene rings is 1. The van der Waals surface area contributed by atoms with E-state index in [0.29, 0.717) is 5.69 Å². The minimum atomic E-state index is -3.97. The van der Waals surface area contributed by atoms with Crippen molar-refractivity contribution in [3.8, 4) is 0 Å². The van der Waals surface area contributed by atoms with E-state index in [1.54, 1.807) is 7.05 Å². The maximum Gasteiger partial charge on any atom is 0.293 e. The molecule has 22 heavy (non-hydrogen) atoms. The van der Waals surface area contributed by atoms with Crippen LogP contribution in [0.25, 0.3) is 0 Å². The molecule has 0 heterocycles. The van der Waals surface area contributed by atoms with Crippen LogP contribution in [0.3, 0.4) is 0 Å². The number of nitrogens with zero attached hydrogens (tertiary/aromatic N) is 2. The van der Waals surface area contributed by atoms with Crippen molar-refractivity contribution < 1.29 is 13.3 Å². The van der Waals surface area contributed by atoms with Gasteiger partial charge in [0.25, 0.3) is 5.69 Å². The molecule has 1 fully saturated rings. The normalized spacial score (nSPS) is 22.3. The minimum absolute atomic E-state index is 0.152. The molecule has 2 rings (SSSR count). The van der Waals surface area contributed by atoms with Gasteiger partial charge in [-0.05, 0) is 37.8 Å². The lowest BCUT2D eigenvalue weighted by atomic mass is 9.90. The monoisotopic (exact) mass is 328 g/mol. The van der Waals surface area contributed by atoms with Crippen molar-refractivity contribution in [2.45, 2.75) is 42.7 Å². The number of hydrogen-bond donors (Lipinski definition) is 2. The minimum Gasteiger partial charge on any atom is -0.366 e. The van der Waals surface area contributed by atoms with Crippen LogP contribution in [0.2, 0.25) is 0 Å². The zero-order chi connectivity index (χ0) is 16.5. The van der Waals surface area contributed by atoms with E-state index in [4.69, 9.17) is 10.9 Å². The van der Waals surface area contributed by atoms with Gasteiger partial charge in [-0.3, -0.25) is 10.1 Å². The molecule has 8 nitrogen and oxygen atoms in total. The molecule has 0 aromatic heterocycles. The van der Waals surface area contributed by atoms with Crippen LogP contribution in [-0.2, 0) is 10.0 Å². The molecule has 4 N–H and O–H groups in total. The van der Waals surface area contributed by atoms with Gasteiger partial charge in [0, 0.05) is 25.2 Å². The largest absolute Gasteiger partial charge is 0.366 e. The van der Waals surface area contributed by atoms with Crippen LogP contribution < -0.4 is 15.8 Å². The zero-order valence-electron chi connectivity index (χ0n) is 12.3. The van der Waals surface area contributed by atoms with Crippen LogP contribution in [0.5, 0.6) is 0 Å². The van der Waals surface area contributed by atoms with Crippen molar-refractivity contribution in [3.05, 3.63) is 28.3 Å². The first kappa shape index (κ1) is 16.7. The average molecular weight is 328 g/mol. The number of anilines is 1. The molecule has 1 aromatic rings. The summed E-state index contributed by atoms with van der Waals surface area (Å²) in [6, 6.07) is 4.08. The van der Waals surface area contributed by atoms with Crippen LogP contribution in [0, 0.1) is 10.1 Å². The van der Waals surface area contributed by atoms with Gasteiger partial charge in [-0.15, -0.1) is 0 Å². The summed E-state index contributed by atoms with van der Waals surface area (Å²) in [4.78, 5) is 12.2. The first-order chi connectivity index (χ1) is 10.2. The Balaban J connectivity index is 2.36. The van der Waals surface area contributed by atoms with E-state index in [1.165, 1.54) is 12.1 Å². The van der Waals surface area contributed by atoms with E-state index in [9.17, 15) is 18.5 Å². The molecular weight excluding hydrogens is 308 g/mol. The van der Waals surface area contributed by atoms with Gasteiger partial charge in [0.2, 0.25) is 10.0 Å². The van der Waals surface area contributed by atoms with Gasteiger partial charge in [0.15, 0.2) is 0 Å². The fraction of sp³-hybridized carbons (Fsp3) is 0.538. The number of hydrogen-bond acceptors (Lipinski definition) is 6. The molecule has 122 valence electrons. The number of nitro groups is 1. The van der Waals surface area contributed by atoms with Gasteiger partial charge in [0.1, 0.15) is 5.69 Å². The highest BCUT2D eigenvalue weighted by molar-refractivity contribution is 7.89. The van der Waals surface area contributed by atoms with Crippen molar-refractivity contribution >= 4 is 21.4 Å². The lowest BCUT2D eigenvalue weighted by molar-refractivity contribution is -0.384. The topological polar surface area (TPSA) is 133 Å². The van der Waals surface area contributed by atoms with Crippen LogP contribution in [0.1, 0.15) is 25.7 Å². The second-order valence-electron chi connectivity index (χ2n) is 5.63. The Kier molecular flexibility index (Phi) is 4.69. The summed E-state index contributed by atoms with van der Waals surface area (Å²) in [6.45, 7) is 0. The lowest BCUT2D eigenvalue weighted by Crippen LogP contribution is -2.39. The summed E-state index contributed by atoms with van der Waals surface area (Å²) in [5.41, 5.74) is 6.00. The number of rotatable bonds is 4. The third-order valence-corrected chi connectivity index (χ3v) is 5.05. The maximum absolute atomic E-state index is 11.4. The highest BCUT2D eigenvalue weighted by atomic mass is 32.2. The Hall–Kier alpha value is -1.71. The molecule has 1 aliphatic rings. The van der Waals surface area contributed by atoms with Crippen molar-refractivity contribution in [1.82, 2.24) is 0 Å². The van der Waals surface area contributed by atoms with Crippen LogP contribution in [0.4, 0.5) is 11.4 Å². The fourth-order valence-corrected chi connectivity index (χ4v) is 3.34. The SMILES string of the molecule is CN(c1ccc(S(N)(=O)=O)cc1[N+](=O)[O-])C1CCC(N)CC1. The second-order valence-corrected chi connectivity index (χ2v) is 7.19. The van der Waals surface area contributed by atoms with Gasteiger partial charge in [0.05, 0.1) is 9.82 Å². The molecular formula is C13H20N4O4S.